The molecule has 0 saturated heterocycles. The van der Waals surface area contributed by atoms with Crippen LogP contribution in [-0.4, -0.2) is 28.6 Å². The van der Waals surface area contributed by atoms with E-state index in [4.69, 9.17) is 4.74 Å². The minimum Gasteiger partial charge on any atom is -0.482 e. The van der Waals surface area contributed by atoms with Gasteiger partial charge >= 0.3 is 0 Å². The molecular weight excluding hydrogens is 284 g/mol. The van der Waals surface area contributed by atoms with Crippen molar-refractivity contribution >= 4 is 23.2 Å². The van der Waals surface area contributed by atoms with E-state index in [2.05, 4.69) is 27.8 Å². The van der Waals surface area contributed by atoms with E-state index in [1.54, 1.807) is 24.3 Å². The predicted octanol–water partition coefficient (Wildman–Crippen LogP) is 1.95. The summed E-state index contributed by atoms with van der Waals surface area (Å²) >= 11 is 0. The normalized spacial score (nSPS) is 13.0. The molecule has 2 amide bonds. The largest absolute Gasteiger partial charge is 0.482 e. The minimum absolute atomic E-state index is 0.00613. The third-order valence-corrected chi connectivity index (χ3v) is 3.25. The number of carbonyl (C=O) groups excluding carboxylic acids is 2. The van der Waals surface area contributed by atoms with Gasteiger partial charge in [-0.05, 0) is 30.7 Å². The Bertz CT molecular complexity index is 723. The first-order valence-corrected chi connectivity index (χ1v) is 7.08. The fourth-order valence-corrected chi connectivity index (χ4v) is 2.23. The van der Waals surface area contributed by atoms with E-state index >= 15 is 0 Å². The molecule has 22 heavy (non-hydrogen) atoms. The van der Waals surface area contributed by atoms with Crippen LogP contribution in [0.3, 0.4) is 0 Å². The van der Waals surface area contributed by atoms with Crippen molar-refractivity contribution in [1.82, 2.24) is 10.2 Å². The van der Waals surface area contributed by atoms with Gasteiger partial charge in [-0.3, -0.25) is 14.7 Å². The highest BCUT2D eigenvalue weighted by Gasteiger charge is 2.17. The first-order chi connectivity index (χ1) is 10.7. The monoisotopic (exact) mass is 300 g/mol. The molecule has 0 aliphatic carbocycles. The average molecular weight is 300 g/mol. The fraction of sp³-hybridized carbons (Fsp3) is 0.267. The zero-order valence-corrected chi connectivity index (χ0v) is 12.1. The molecule has 2 aromatic rings. The second-order valence-electron chi connectivity index (χ2n) is 5.03. The van der Waals surface area contributed by atoms with Crippen molar-refractivity contribution in [2.75, 3.05) is 17.2 Å². The first kappa shape index (κ1) is 14.1. The molecule has 3 rings (SSSR count). The van der Waals surface area contributed by atoms with Crippen molar-refractivity contribution in [2.24, 2.45) is 0 Å². The minimum atomic E-state index is -0.304. The van der Waals surface area contributed by atoms with E-state index in [1.807, 2.05) is 0 Å². The van der Waals surface area contributed by atoms with Crippen LogP contribution in [0.15, 0.2) is 24.3 Å². The van der Waals surface area contributed by atoms with Crippen molar-refractivity contribution < 1.29 is 14.3 Å². The molecule has 114 valence electrons. The third kappa shape index (κ3) is 2.93. The van der Waals surface area contributed by atoms with Crippen LogP contribution in [0, 0.1) is 0 Å². The lowest BCUT2D eigenvalue weighted by atomic mass is 10.2. The standard InChI is InChI=1S/C15H16N4O3/c1-2-3-10-7-12(19-18-10)15(21)16-9-4-5-13-11(6-9)17-14(20)8-22-13/h4-7H,2-3,8H2,1H3,(H,16,21)(H,17,20)(H,18,19). The molecule has 1 aromatic carbocycles. The Morgan fingerprint density at radius 2 is 2.27 bits per heavy atom. The fourth-order valence-electron chi connectivity index (χ4n) is 2.23. The van der Waals surface area contributed by atoms with Crippen LogP contribution in [0.4, 0.5) is 11.4 Å². The molecule has 1 aliphatic heterocycles. The molecule has 1 aliphatic rings. The Morgan fingerprint density at radius 1 is 1.41 bits per heavy atom. The zero-order valence-electron chi connectivity index (χ0n) is 12.1. The first-order valence-electron chi connectivity index (χ1n) is 7.08. The number of fused-ring (bicyclic) bond motifs is 1. The van der Waals surface area contributed by atoms with Crippen molar-refractivity contribution in [3.8, 4) is 5.75 Å². The van der Waals surface area contributed by atoms with E-state index in [1.165, 1.54) is 0 Å². The van der Waals surface area contributed by atoms with Crippen molar-refractivity contribution in [1.29, 1.82) is 0 Å². The van der Waals surface area contributed by atoms with Gasteiger partial charge in [0.05, 0.1) is 5.69 Å². The molecule has 1 aromatic heterocycles. The van der Waals surface area contributed by atoms with Gasteiger partial charge in [-0.15, -0.1) is 0 Å². The predicted molar refractivity (Wildman–Crippen MR) is 81.1 cm³/mol. The molecule has 7 heteroatoms. The van der Waals surface area contributed by atoms with Gasteiger partial charge in [0.2, 0.25) is 0 Å². The molecule has 0 spiro atoms. The summed E-state index contributed by atoms with van der Waals surface area (Å²) in [4.78, 5) is 23.5. The number of amides is 2. The Labute approximate surface area is 127 Å². The molecular formula is C15H16N4O3. The summed E-state index contributed by atoms with van der Waals surface area (Å²) in [5, 5.41) is 12.3. The van der Waals surface area contributed by atoms with E-state index in [0.717, 1.165) is 18.5 Å². The highest BCUT2D eigenvalue weighted by atomic mass is 16.5. The van der Waals surface area contributed by atoms with Gasteiger partial charge in [0.1, 0.15) is 5.75 Å². The van der Waals surface area contributed by atoms with Gasteiger partial charge in [-0.25, -0.2) is 0 Å². The van der Waals surface area contributed by atoms with Gasteiger partial charge in [-0.1, -0.05) is 13.3 Å². The molecule has 0 fully saturated rings. The van der Waals surface area contributed by atoms with Gasteiger partial charge in [0, 0.05) is 11.4 Å². The summed E-state index contributed by atoms with van der Waals surface area (Å²) in [7, 11) is 0. The summed E-state index contributed by atoms with van der Waals surface area (Å²) < 4.78 is 5.27. The van der Waals surface area contributed by atoms with Crippen molar-refractivity contribution in [3.63, 3.8) is 0 Å². The lowest BCUT2D eigenvalue weighted by molar-refractivity contribution is -0.118. The van der Waals surface area contributed by atoms with Crippen LogP contribution in [0.1, 0.15) is 29.5 Å². The summed E-state index contributed by atoms with van der Waals surface area (Å²) in [5.74, 6) is 0.0664. The number of hydrogen-bond donors (Lipinski definition) is 3. The number of aryl methyl sites for hydroxylation is 1. The van der Waals surface area contributed by atoms with Crippen LogP contribution in [0.5, 0.6) is 5.75 Å². The summed E-state index contributed by atoms with van der Waals surface area (Å²) in [6, 6.07) is 6.82. The summed E-state index contributed by atoms with van der Waals surface area (Å²) in [6.45, 7) is 2.07. The number of nitrogens with one attached hydrogen (secondary N) is 3. The number of anilines is 2. The van der Waals surface area contributed by atoms with E-state index < -0.39 is 0 Å². The SMILES string of the molecule is CCCc1cc(C(=O)Nc2ccc3c(c2)NC(=O)CO3)n[nH]1. The molecule has 0 radical (unpaired) electrons. The number of aromatic nitrogens is 2. The summed E-state index contributed by atoms with van der Waals surface area (Å²) in [5.41, 5.74) is 2.37. The second kappa shape index (κ2) is 5.88. The number of nitrogens with zero attached hydrogens (tertiary/aromatic N) is 1. The second-order valence-corrected chi connectivity index (χ2v) is 5.03. The maximum Gasteiger partial charge on any atom is 0.276 e. The molecule has 0 bridgehead atoms. The Kier molecular flexibility index (Phi) is 3.78. The quantitative estimate of drug-likeness (QED) is 0.804. The van der Waals surface area contributed by atoms with Crippen LogP contribution in [0.25, 0.3) is 0 Å². The number of rotatable bonds is 4. The van der Waals surface area contributed by atoms with Crippen LogP contribution in [-0.2, 0) is 11.2 Å². The number of carbonyl (C=O) groups is 2. The number of aromatic amines is 1. The number of hydrogen-bond acceptors (Lipinski definition) is 4. The Balaban J connectivity index is 1.73. The van der Waals surface area contributed by atoms with Gasteiger partial charge < -0.3 is 15.4 Å². The molecule has 0 saturated carbocycles. The zero-order chi connectivity index (χ0) is 15.5. The van der Waals surface area contributed by atoms with Crippen molar-refractivity contribution in [2.45, 2.75) is 19.8 Å². The average Bonchev–Trinajstić information content (AvgIpc) is 2.96. The molecule has 3 N–H and O–H groups in total. The molecule has 7 nitrogen and oxygen atoms in total. The number of H-pyrrole nitrogens is 1. The maximum absolute atomic E-state index is 12.2. The van der Waals surface area contributed by atoms with Gasteiger partial charge in [0.15, 0.2) is 12.3 Å². The highest BCUT2D eigenvalue weighted by Crippen LogP contribution is 2.30. The Morgan fingerprint density at radius 3 is 3.09 bits per heavy atom. The number of ether oxygens (including phenoxy) is 1. The van der Waals surface area contributed by atoms with Crippen LogP contribution in [0.2, 0.25) is 0 Å². The molecule has 2 heterocycles. The highest BCUT2D eigenvalue weighted by molar-refractivity contribution is 6.04. The molecule has 0 unspecified atom stereocenters. The Hall–Kier alpha value is -2.83. The smallest absolute Gasteiger partial charge is 0.276 e. The lowest BCUT2D eigenvalue weighted by Crippen LogP contribution is -2.25. The molecule has 0 atom stereocenters. The van der Waals surface area contributed by atoms with Crippen molar-refractivity contribution in [3.05, 3.63) is 35.7 Å². The topological polar surface area (TPSA) is 96.1 Å². The van der Waals surface area contributed by atoms with Gasteiger partial charge in [-0.2, -0.15) is 5.10 Å². The van der Waals surface area contributed by atoms with E-state index in [-0.39, 0.29) is 18.4 Å². The van der Waals surface area contributed by atoms with E-state index in [9.17, 15) is 9.59 Å². The summed E-state index contributed by atoms with van der Waals surface area (Å²) in [6.07, 6.45) is 1.83. The third-order valence-electron chi connectivity index (χ3n) is 3.25. The number of benzene rings is 1. The van der Waals surface area contributed by atoms with Crippen LogP contribution < -0.4 is 15.4 Å². The van der Waals surface area contributed by atoms with E-state index in [0.29, 0.717) is 22.8 Å². The maximum atomic E-state index is 12.2. The lowest BCUT2D eigenvalue weighted by Gasteiger charge is -2.18. The van der Waals surface area contributed by atoms with Crippen LogP contribution >= 0.6 is 0 Å². The van der Waals surface area contributed by atoms with Gasteiger partial charge in [0.25, 0.3) is 11.8 Å².